The SMILES string of the molecule is Cc1c(Cl)ncnc1-c1ccc(N(C)C)cc1. The van der Waals surface area contributed by atoms with Gasteiger partial charge in [-0.2, -0.15) is 0 Å². The van der Waals surface area contributed by atoms with Crippen molar-refractivity contribution >= 4 is 17.3 Å². The molecule has 88 valence electrons. The van der Waals surface area contributed by atoms with Gasteiger partial charge in [0.25, 0.3) is 0 Å². The van der Waals surface area contributed by atoms with Crippen LogP contribution in [-0.4, -0.2) is 24.1 Å². The molecule has 0 saturated carbocycles. The van der Waals surface area contributed by atoms with Crippen molar-refractivity contribution in [2.45, 2.75) is 6.92 Å². The van der Waals surface area contributed by atoms with Crippen LogP contribution in [-0.2, 0) is 0 Å². The Morgan fingerprint density at radius 2 is 1.71 bits per heavy atom. The molecular formula is C13H14ClN3. The number of rotatable bonds is 2. The molecule has 0 radical (unpaired) electrons. The Balaban J connectivity index is 2.43. The molecule has 4 heteroatoms. The van der Waals surface area contributed by atoms with E-state index in [1.54, 1.807) is 0 Å². The first kappa shape index (κ1) is 11.9. The lowest BCUT2D eigenvalue weighted by Gasteiger charge is -2.13. The quantitative estimate of drug-likeness (QED) is 0.764. The van der Waals surface area contributed by atoms with E-state index in [0.29, 0.717) is 5.15 Å². The zero-order valence-corrected chi connectivity index (χ0v) is 10.9. The molecule has 2 rings (SSSR count). The molecule has 1 aromatic carbocycles. The Bertz CT molecular complexity index is 521. The van der Waals surface area contributed by atoms with Gasteiger partial charge in [0.1, 0.15) is 11.5 Å². The maximum atomic E-state index is 5.99. The minimum absolute atomic E-state index is 0.506. The largest absolute Gasteiger partial charge is 0.378 e. The van der Waals surface area contributed by atoms with Crippen molar-refractivity contribution in [3.8, 4) is 11.3 Å². The number of aromatic nitrogens is 2. The van der Waals surface area contributed by atoms with Gasteiger partial charge < -0.3 is 4.90 Å². The van der Waals surface area contributed by atoms with Crippen LogP contribution in [0.15, 0.2) is 30.6 Å². The van der Waals surface area contributed by atoms with Crippen LogP contribution < -0.4 is 4.90 Å². The van der Waals surface area contributed by atoms with Crippen LogP contribution in [0.1, 0.15) is 5.56 Å². The molecule has 0 N–H and O–H groups in total. The number of hydrogen-bond donors (Lipinski definition) is 0. The van der Waals surface area contributed by atoms with Gasteiger partial charge in [0.15, 0.2) is 0 Å². The number of nitrogens with zero attached hydrogens (tertiary/aromatic N) is 3. The van der Waals surface area contributed by atoms with E-state index >= 15 is 0 Å². The van der Waals surface area contributed by atoms with Crippen LogP contribution in [0, 0.1) is 6.92 Å². The first-order valence-electron chi connectivity index (χ1n) is 5.34. The standard InChI is InChI=1S/C13H14ClN3/c1-9-12(15-8-16-13(9)14)10-4-6-11(7-5-10)17(2)3/h4-8H,1-3H3. The topological polar surface area (TPSA) is 29.0 Å². The molecule has 0 atom stereocenters. The van der Waals surface area contributed by atoms with E-state index < -0.39 is 0 Å². The van der Waals surface area contributed by atoms with Gasteiger partial charge in [0, 0.05) is 30.9 Å². The second-order valence-corrected chi connectivity index (χ2v) is 4.44. The molecule has 0 aliphatic rings. The molecule has 0 bridgehead atoms. The van der Waals surface area contributed by atoms with E-state index in [9.17, 15) is 0 Å². The first-order chi connectivity index (χ1) is 8.09. The normalized spacial score (nSPS) is 10.4. The smallest absolute Gasteiger partial charge is 0.135 e. The van der Waals surface area contributed by atoms with Crippen LogP contribution in [0.2, 0.25) is 5.15 Å². The monoisotopic (exact) mass is 247 g/mol. The van der Waals surface area contributed by atoms with Gasteiger partial charge in [0.2, 0.25) is 0 Å². The summed E-state index contributed by atoms with van der Waals surface area (Å²) in [5.74, 6) is 0. The third-order valence-electron chi connectivity index (χ3n) is 2.68. The van der Waals surface area contributed by atoms with Crippen molar-refractivity contribution in [2.24, 2.45) is 0 Å². The maximum absolute atomic E-state index is 5.99. The highest BCUT2D eigenvalue weighted by atomic mass is 35.5. The molecule has 0 saturated heterocycles. The zero-order valence-electron chi connectivity index (χ0n) is 10.1. The molecule has 0 aliphatic heterocycles. The van der Waals surface area contributed by atoms with E-state index in [1.165, 1.54) is 6.33 Å². The van der Waals surface area contributed by atoms with Crippen molar-refractivity contribution in [1.82, 2.24) is 9.97 Å². The third kappa shape index (κ3) is 2.39. The molecule has 0 spiro atoms. The molecule has 17 heavy (non-hydrogen) atoms. The minimum Gasteiger partial charge on any atom is -0.378 e. The molecule has 0 aliphatic carbocycles. The van der Waals surface area contributed by atoms with Crippen LogP contribution >= 0.6 is 11.6 Å². The van der Waals surface area contributed by atoms with Crippen molar-refractivity contribution in [3.05, 3.63) is 41.3 Å². The summed E-state index contributed by atoms with van der Waals surface area (Å²) in [6.07, 6.45) is 1.49. The van der Waals surface area contributed by atoms with Crippen LogP contribution in [0.4, 0.5) is 5.69 Å². The predicted octanol–water partition coefficient (Wildman–Crippen LogP) is 3.17. The first-order valence-corrected chi connectivity index (χ1v) is 5.72. The molecule has 1 heterocycles. The fourth-order valence-corrected chi connectivity index (χ4v) is 1.77. The van der Waals surface area contributed by atoms with Crippen LogP contribution in [0.25, 0.3) is 11.3 Å². The van der Waals surface area contributed by atoms with E-state index in [2.05, 4.69) is 27.0 Å². The number of hydrogen-bond acceptors (Lipinski definition) is 3. The summed E-state index contributed by atoms with van der Waals surface area (Å²) >= 11 is 5.99. The Labute approximate surface area is 106 Å². The van der Waals surface area contributed by atoms with Crippen LogP contribution in [0.3, 0.4) is 0 Å². The molecule has 2 aromatic rings. The van der Waals surface area contributed by atoms with Gasteiger partial charge in [-0.05, 0) is 19.1 Å². The van der Waals surface area contributed by atoms with Gasteiger partial charge in [0.05, 0.1) is 5.69 Å². The number of benzene rings is 1. The number of anilines is 1. The molecule has 3 nitrogen and oxygen atoms in total. The van der Waals surface area contributed by atoms with E-state index in [1.807, 2.05) is 33.2 Å². The van der Waals surface area contributed by atoms with Gasteiger partial charge in [-0.1, -0.05) is 23.7 Å². The van der Waals surface area contributed by atoms with Crippen molar-refractivity contribution in [2.75, 3.05) is 19.0 Å². The van der Waals surface area contributed by atoms with Gasteiger partial charge in [-0.3, -0.25) is 0 Å². The van der Waals surface area contributed by atoms with Crippen molar-refractivity contribution < 1.29 is 0 Å². The zero-order chi connectivity index (χ0) is 12.4. The summed E-state index contributed by atoms with van der Waals surface area (Å²) in [5.41, 5.74) is 4.01. The molecule has 0 unspecified atom stereocenters. The highest BCUT2D eigenvalue weighted by Gasteiger charge is 2.07. The Morgan fingerprint density at radius 3 is 2.29 bits per heavy atom. The lowest BCUT2D eigenvalue weighted by molar-refractivity contribution is 1.12. The Kier molecular flexibility index (Phi) is 3.29. The molecule has 1 aromatic heterocycles. The molecule has 0 fully saturated rings. The summed E-state index contributed by atoms with van der Waals surface area (Å²) in [5, 5.41) is 0.506. The summed E-state index contributed by atoms with van der Waals surface area (Å²) in [6, 6.07) is 8.21. The maximum Gasteiger partial charge on any atom is 0.135 e. The Morgan fingerprint density at radius 1 is 1.06 bits per heavy atom. The number of halogens is 1. The lowest BCUT2D eigenvalue weighted by Crippen LogP contribution is -2.08. The highest BCUT2D eigenvalue weighted by molar-refractivity contribution is 6.30. The van der Waals surface area contributed by atoms with E-state index in [4.69, 9.17) is 11.6 Å². The summed E-state index contributed by atoms with van der Waals surface area (Å²) in [7, 11) is 4.03. The van der Waals surface area contributed by atoms with Crippen LogP contribution in [0.5, 0.6) is 0 Å². The summed E-state index contributed by atoms with van der Waals surface area (Å²) < 4.78 is 0. The average molecular weight is 248 g/mol. The van der Waals surface area contributed by atoms with E-state index in [0.717, 1.165) is 22.5 Å². The van der Waals surface area contributed by atoms with Gasteiger partial charge in [-0.15, -0.1) is 0 Å². The second-order valence-electron chi connectivity index (χ2n) is 4.08. The molecule has 0 amide bonds. The molecular weight excluding hydrogens is 234 g/mol. The van der Waals surface area contributed by atoms with Crippen molar-refractivity contribution in [1.29, 1.82) is 0 Å². The van der Waals surface area contributed by atoms with Gasteiger partial charge >= 0.3 is 0 Å². The van der Waals surface area contributed by atoms with Crippen molar-refractivity contribution in [3.63, 3.8) is 0 Å². The minimum atomic E-state index is 0.506. The fourth-order valence-electron chi connectivity index (χ4n) is 1.64. The Hall–Kier alpha value is -1.61. The average Bonchev–Trinajstić information content (AvgIpc) is 2.33. The highest BCUT2D eigenvalue weighted by Crippen LogP contribution is 2.26. The summed E-state index contributed by atoms with van der Waals surface area (Å²) in [6.45, 7) is 1.93. The predicted molar refractivity (Wildman–Crippen MR) is 71.5 cm³/mol. The fraction of sp³-hybridized carbons (Fsp3) is 0.231. The summed E-state index contributed by atoms with van der Waals surface area (Å²) in [4.78, 5) is 10.3. The van der Waals surface area contributed by atoms with E-state index in [-0.39, 0.29) is 0 Å². The third-order valence-corrected chi connectivity index (χ3v) is 3.06. The van der Waals surface area contributed by atoms with Gasteiger partial charge in [-0.25, -0.2) is 9.97 Å². The second kappa shape index (κ2) is 4.72. The lowest BCUT2D eigenvalue weighted by atomic mass is 10.1.